The summed E-state index contributed by atoms with van der Waals surface area (Å²) in [6, 6.07) is 14.2. The molecule has 6 heteroatoms. The van der Waals surface area contributed by atoms with Gasteiger partial charge >= 0.3 is 0 Å². The minimum atomic E-state index is -0.539. The highest BCUT2D eigenvalue weighted by Gasteiger charge is 2.43. The van der Waals surface area contributed by atoms with Gasteiger partial charge in [0.1, 0.15) is 11.9 Å². The van der Waals surface area contributed by atoms with Crippen LogP contribution in [0.5, 0.6) is 0 Å². The molecular weight excluding hydrogens is 381 g/mol. The van der Waals surface area contributed by atoms with Crippen molar-refractivity contribution in [3.8, 4) is 0 Å². The molecule has 1 saturated carbocycles. The topological polar surface area (TPSA) is 43.9 Å². The summed E-state index contributed by atoms with van der Waals surface area (Å²) in [7, 11) is 0. The van der Waals surface area contributed by atoms with Crippen LogP contribution >= 0.6 is 0 Å². The number of hydrogen-bond acceptors (Lipinski definition) is 3. The molecule has 156 valence electrons. The van der Waals surface area contributed by atoms with Gasteiger partial charge in [-0.3, -0.25) is 9.59 Å². The van der Waals surface area contributed by atoms with Gasteiger partial charge in [-0.2, -0.15) is 0 Å². The van der Waals surface area contributed by atoms with Crippen LogP contribution in [0.1, 0.15) is 30.0 Å². The van der Waals surface area contributed by atoms with Gasteiger partial charge in [0.2, 0.25) is 11.8 Å². The third-order valence-electron chi connectivity index (χ3n) is 6.51. The van der Waals surface area contributed by atoms with Crippen molar-refractivity contribution < 1.29 is 14.0 Å². The van der Waals surface area contributed by atoms with Crippen molar-refractivity contribution in [2.24, 2.45) is 5.92 Å². The van der Waals surface area contributed by atoms with E-state index >= 15 is 0 Å². The second kappa shape index (κ2) is 7.74. The molecule has 0 radical (unpaired) electrons. The molecule has 5 nitrogen and oxygen atoms in total. The van der Waals surface area contributed by atoms with Crippen molar-refractivity contribution in [2.45, 2.75) is 25.3 Å². The van der Waals surface area contributed by atoms with E-state index < -0.39 is 6.04 Å². The average molecular weight is 407 g/mol. The fraction of sp³-hybridized carbons (Fsp3) is 0.417. The first-order chi connectivity index (χ1) is 14.6. The number of halogens is 1. The highest BCUT2D eigenvalue weighted by atomic mass is 19.1. The monoisotopic (exact) mass is 407 g/mol. The first-order valence-electron chi connectivity index (χ1n) is 10.8. The average Bonchev–Trinajstić information content (AvgIpc) is 3.63. The van der Waals surface area contributed by atoms with Gasteiger partial charge in [0.25, 0.3) is 0 Å². The maximum absolute atomic E-state index is 14.1. The zero-order valence-corrected chi connectivity index (χ0v) is 17.0. The van der Waals surface area contributed by atoms with Gasteiger partial charge in [-0.1, -0.05) is 36.4 Å². The smallest absolute Gasteiger partial charge is 0.250 e. The summed E-state index contributed by atoms with van der Waals surface area (Å²) in [6.07, 6.45) is 2.65. The van der Waals surface area contributed by atoms with Gasteiger partial charge in [-0.05, 0) is 42.5 Å². The molecule has 0 N–H and O–H groups in total. The van der Waals surface area contributed by atoms with Crippen molar-refractivity contribution >= 4 is 17.5 Å². The van der Waals surface area contributed by atoms with E-state index in [1.54, 1.807) is 12.1 Å². The van der Waals surface area contributed by atoms with Crippen molar-refractivity contribution in [1.29, 1.82) is 0 Å². The number of hydrogen-bond donors (Lipinski definition) is 0. The van der Waals surface area contributed by atoms with Crippen LogP contribution in [0.25, 0.3) is 0 Å². The van der Waals surface area contributed by atoms with E-state index in [1.807, 2.05) is 39.0 Å². The van der Waals surface area contributed by atoms with Crippen molar-refractivity contribution in [1.82, 2.24) is 9.80 Å². The number of carbonyl (C=O) groups is 2. The van der Waals surface area contributed by atoms with Crippen LogP contribution in [0.3, 0.4) is 0 Å². The van der Waals surface area contributed by atoms with Crippen LogP contribution < -0.4 is 4.90 Å². The molecule has 3 aliphatic rings. The molecule has 5 rings (SSSR count). The zero-order chi connectivity index (χ0) is 20.7. The quantitative estimate of drug-likeness (QED) is 0.786. The van der Waals surface area contributed by atoms with Crippen LogP contribution in [0.2, 0.25) is 0 Å². The Morgan fingerprint density at radius 1 is 0.833 bits per heavy atom. The number of piperazine rings is 1. The van der Waals surface area contributed by atoms with Crippen LogP contribution in [0, 0.1) is 11.7 Å². The van der Waals surface area contributed by atoms with E-state index in [1.165, 1.54) is 6.07 Å². The summed E-state index contributed by atoms with van der Waals surface area (Å²) in [5.74, 6) is -0.0414. The van der Waals surface area contributed by atoms with Gasteiger partial charge < -0.3 is 14.7 Å². The molecule has 0 aromatic heterocycles. The maximum atomic E-state index is 14.1. The summed E-state index contributed by atoms with van der Waals surface area (Å²) < 4.78 is 14.1. The lowest BCUT2D eigenvalue weighted by molar-refractivity contribution is -0.147. The largest absolute Gasteiger partial charge is 0.366 e. The molecule has 1 atom stereocenters. The van der Waals surface area contributed by atoms with E-state index in [9.17, 15) is 14.0 Å². The summed E-state index contributed by atoms with van der Waals surface area (Å²) in [4.78, 5) is 32.2. The maximum Gasteiger partial charge on any atom is 0.250 e. The Morgan fingerprint density at radius 3 is 2.27 bits per heavy atom. The van der Waals surface area contributed by atoms with Crippen LogP contribution in [0.4, 0.5) is 10.1 Å². The second-order valence-electron chi connectivity index (χ2n) is 8.42. The van der Waals surface area contributed by atoms with Crippen LogP contribution in [-0.4, -0.2) is 54.3 Å². The van der Waals surface area contributed by atoms with Crippen molar-refractivity contribution in [3.05, 3.63) is 65.5 Å². The van der Waals surface area contributed by atoms with E-state index in [0.29, 0.717) is 38.4 Å². The van der Waals surface area contributed by atoms with E-state index in [4.69, 9.17) is 0 Å². The molecule has 0 bridgehead atoms. The number of rotatable bonds is 3. The number of para-hydroxylation sites is 1. The third-order valence-corrected chi connectivity index (χ3v) is 6.51. The second-order valence-corrected chi connectivity index (χ2v) is 8.42. The van der Waals surface area contributed by atoms with E-state index in [2.05, 4.69) is 6.07 Å². The number of anilines is 1. The first-order valence-corrected chi connectivity index (χ1v) is 10.8. The highest BCUT2D eigenvalue weighted by molar-refractivity contribution is 5.91. The molecule has 1 saturated heterocycles. The highest BCUT2D eigenvalue weighted by Crippen LogP contribution is 2.38. The molecular formula is C24H26FN3O2. The normalized spacial score (nSPS) is 21.4. The minimum Gasteiger partial charge on any atom is -0.366 e. The minimum absolute atomic E-state index is 0.00988. The molecule has 2 heterocycles. The Hall–Kier alpha value is -2.89. The molecule has 0 unspecified atom stereocenters. The Labute approximate surface area is 176 Å². The third kappa shape index (κ3) is 3.44. The van der Waals surface area contributed by atoms with Gasteiger partial charge in [0.15, 0.2) is 0 Å². The molecule has 0 spiro atoms. The SMILES string of the molecule is O=C([C@H]1c2ccccc2CCN1C(=O)C1CC1)N1CCN(c2ccccc2F)CC1. The zero-order valence-electron chi connectivity index (χ0n) is 17.0. The number of carbonyl (C=O) groups excluding carboxylic acids is 2. The summed E-state index contributed by atoms with van der Waals surface area (Å²) in [5, 5.41) is 0. The Bertz CT molecular complexity index is 966. The summed E-state index contributed by atoms with van der Waals surface area (Å²) in [5.41, 5.74) is 2.69. The molecule has 1 aliphatic carbocycles. The van der Waals surface area contributed by atoms with Crippen molar-refractivity contribution in [2.75, 3.05) is 37.6 Å². The summed E-state index contributed by atoms with van der Waals surface area (Å²) in [6.45, 7) is 2.81. The Morgan fingerprint density at radius 2 is 1.53 bits per heavy atom. The van der Waals surface area contributed by atoms with E-state index in [0.717, 1.165) is 30.4 Å². The number of amides is 2. The van der Waals surface area contributed by atoms with Crippen molar-refractivity contribution in [3.63, 3.8) is 0 Å². The molecule has 2 amide bonds. The van der Waals surface area contributed by atoms with Gasteiger partial charge in [-0.25, -0.2) is 4.39 Å². The lowest BCUT2D eigenvalue weighted by Gasteiger charge is -2.42. The summed E-state index contributed by atoms with van der Waals surface area (Å²) >= 11 is 0. The number of fused-ring (bicyclic) bond motifs is 1. The van der Waals surface area contributed by atoms with E-state index in [-0.39, 0.29) is 23.5 Å². The molecule has 2 aromatic rings. The van der Waals surface area contributed by atoms with Gasteiger partial charge in [0, 0.05) is 38.6 Å². The molecule has 2 aliphatic heterocycles. The number of benzene rings is 2. The fourth-order valence-electron chi connectivity index (χ4n) is 4.68. The molecule has 30 heavy (non-hydrogen) atoms. The molecule has 2 aromatic carbocycles. The van der Waals surface area contributed by atoms with Crippen LogP contribution in [-0.2, 0) is 16.0 Å². The Balaban J connectivity index is 1.36. The number of nitrogens with zero attached hydrogens (tertiary/aromatic N) is 3. The lowest BCUT2D eigenvalue weighted by Crippen LogP contribution is -2.54. The fourth-order valence-corrected chi connectivity index (χ4v) is 4.68. The van der Waals surface area contributed by atoms with Gasteiger partial charge in [0.05, 0.1) is 5.69 Å². The molecule has 2 fully saturated rings. The predicted octanol–water partition coefficient (Wildman–Crippen LogP) is 3.01. The predicted molar refractivity (Wildman–Crippen MR) is 113 cm³/mol. The standard InChI is InChI=1S/C24H26FN3O2/c25-20-7-3-4-8-21(20)26-13-15-27(16-14-26)24(30)22-19-6-2-1-5-17(19)11-12-28(22)23(29)18-9-10-18/h1-8,18,22H,9-16H2/t22-/m1/s1. The Kier molecular flexibility index (Phi) is 4.93. The first kappa shape index (κ1) is 19.1. The van der Waals surface area contributed by atoms with Gasteiger partial charge in [-0.15, -0.1) is 0 Å². The van der Waals surface area contributed by atoms with Crippen LogP contribution in [0.15, 0.2) is 48.5 Å². The lowest BCUT2D eigenvalue weighted by atomic mass is 9.91.